The van der Waals surface area contributed by atoms with Crippen molar-refractivity contribution in [3.63, 3.8) is 0 Å². The number of nitriles is 1. The fourth-order valence-electron chi connectivity index (χ4n) is 4.67. The first kappa shape index (κ1) is 21.5. The number of hydrogen-bond donors (Lipinski definition) is 1. The summed E-state index contributed by atoms with van der Waals surface area (Å²) in [5.41, 5.74) is 1.21. The molecule has 0 bridgehead atoms. The number of carbonyl (C=O) groups is 1. The van der Waals surface area contributed by atoms with Gasteiger partial charge in [0, 0.05) is 24.7 Å². The molecule has 2 unspecified atom stereocenters. The fraction of sp³-hybridized carbons (Fsp3) is 0.583. The van der Waals surface area contributed by atoms with Gasteiger partial charge in [-0.3, -0.25) is 4.79 Å². The molecule has 156 valence electrons. The van der Waals surface area contributed by atoms with Gasteiger partial charge < -0.3 is 15.0 Å². The number of likely N-dealkylation sites (tertiary alicyclic amines) is 1. The molecule has 1 N–H and O–H groups in total. The molecule has 1 saturated carbocycles. The van der Waals surface area contributed by atoms with Crippen LogP contribution in [0.25, 0.3) is 0 Å². The van der Waals surface area contributed by atoms with Crippen LogP contribution in [0.5, 0.6) is 0 Å². The summed E-state index contributed by atoms with van der Waals surface area (Å²) in [6, 6.07) is 9.21. The van der Waals surface area contributed by atoms with Gasteiger partial charge in [-0.25, -0.2) is 0 Å². The van der Waals surface area contributed by atoms with Crippen LogP contribution in [-0.2, 0) is 4.74 Å². The van der Waals surface area contributed by atoms with Crippen LogP contribution in [0.4, 0.5) is 0 Å². The van der Waals surface area contributed by atoms with Crippen LogP contribution in [0.15, 0.2) is 36.9 Å². The number of nitrogens with one attached hydrogen (secondary N) is 1. The van der Waals surface area contributed by atoms with E-state index in [1.165, 1.54) is 32.1 Å². The van der Waals surface area contributed by atoms with E-state index in [1.807, 2.05) is 6.08 Å². The molecule has 1 aliphatic carbocycles. The Labute approximate surface area is 174 Å². The van der Waals surface area contributed by atoms with Crippen LogP contribution in [0.2, 0.25) is 0 Å². The molecular weight excluding hydrogens is 362 g/mol. The first-order valence-corrected chi connectivity index (χ1v) is 10.9. The number of hydrogen-bond acceptors (Lipinski definition) is 4. The van der Waals surface area contributed by atoms with Crippen LogP contribution in [0.1, 0.15) is 54.4 Å². The van der Waals surface area contributed by atoms with Crippen molar-refractivity contribution >= 4 is 5.91 Å². The third kappa shape index (κ3) is 6.42. The van der Waals surface area contributed by atoms with E-state index in [0.29, 0.717) is 29.6 Å². The first-order valence-electron chi connectivity index (χ1n) is 10.9. The van der Waals surface area contributed by atoms with Gasteiger partial charge in [0.1, 0.15) is 0 Å². The van der Waals surface area contributed by atoms with E-state index in [1.54, 1.807) is 24.3 Å². The Hall–Kier alpha value is -2.16. The van der Waals surface area contributed by atoms with E-state index in [4.69, 9.17) is 10.00 Å². The Bertz CT molecular complexity index is 710. The maximum Gasteiger partial charge on any atom is 0.251 e. The van der Waals surface area contributed by atoms with Crippen molar-refractivity contribution in [2.24, 2.45) is 11.8 Å². The molecule has 1 aliphatic heterocycles. The van der Waals surface area contributed by atoms with Crippen LogP contribution in [0, 0.1) is 23.2 Å². The molecule has 0 aromatic heterocycles. The molecule has 5 nitrogen and oxygen atoms in total. The van der Waals surface area contributed by atoms with Gasteiger partial charge >= 0.3 is 0 Å². The maximum atomic E-state index is 12.7. The number of benzene rings is 1. The molecular formula is C24H33N3O2. The minimum absolute atomic E-state index is 0.0271. The highest BCUT2D eigenvalue weighted by molar-refractivity contribution is 5.94. The number of carbonyl (C=O) groups excluding carboxylic acids is 1. The fourth-order valence-corrected chi connectivity index (χ4v) is 4.67. The van der Waals surface area contributed by atoms with Gasteiger partial charge in [0.05, 0.1) is 24.8 Å². The second-order valence-electron chi connectivity index (χ2n) is 8.41. The Balaban J connectivity index is 1.54. The van der Waals surface area contributed by atoms with Gasteiger partial charge in [-0.05, 0) is 68.3 Å². The monoisotopic (exact) mass is 395 g/mol. The molecule has 1 saturated heterocycles. The molecule has 1 heterocycles. The van der Waals surface area contributed by atoms with E-state index in [0.717, 1.165) is 32.7 Å². The summed E-state index contributed by atoms with van der Waals surface area (Å²) in [4.78, 5) is 15.3. The molecule has 5 heteroatoms. The van der Waals surface area contributed by atoms with Gasteiger partial charge in [0.15, 0.2) is 0 Å². The van der Waals surface area contributed by atoms with Crippen molar-refractivity contribution in [3.05, 3.63) is 48.0 Å². The molecule has 1 aromatic carbocycles. The van der Waals surface area contributed by atoms with E-state index in [-0.39, 0.29) is 11.9 Å². The second-order valence-corrected chi connectivity index (χ2v) is 8.41. The van der Waals surface area contributed by atoms with Crippen LogP contribution >= 0.6 is 0 Å². The van der Waals surface area contributed by atoms with E-state index in [9.17, 15) is 4.79 Å². The predicted molar refractivity (Wildman–Crippen MR) is 115 cm³/mol. The summed E-state index contributed by atoms with van der Waals surface area (Å²) in [5, 5.41) is 12.2. The lowest BCUT2D eigenvalue weighted by molar-refractivity contribution is 0.0599. The van der Waals surface area contributed by atoms with E-state index < -0.39 is 0 Å². The van der Waals surface area contributed by atoms with Crippen molar-refractivity contribution in [1.82, 2.24) is 10.2 Å². The van der Waals surface area contributed by atoms with Gasteiger partial charge in [-0.1, -0.05) is 18.9 Å². The average Bonchev–Trinajstić information content (AvgIpc) is 2.76. The first-order chi connectivity index (χ1) is 14.2. The molecule has 29 heavy (non-hydrogen) atoms. The lowest BCUT2D eigenvalue weighted by Gasteiger charge is -2.39. The van der Waals surface area contributed by atoms with E-state index >= 15 is 0 Å². The van der Waals surface area contributed by atoms with Crippen molar-refractivity contribution in [1.29, 1.82) is 5.26 Å². The number of amides is 1. The van der Waals surface area contributed by atoms with Crippen LogP contribution in [0.3, 0.4) is 0 Å². The van der Waals surface area contributed by atoms with Gasteiger partial charge in [0.25, 0.3) is 5.91 Å². The standard InChI is InChI=1S/C24H33N3O2/c1-2-14-29-18-20-6-5-13-27(16-20)17-22-7-3-4-8-23(22)26-24(28)21-11-9-19(15-25)10-12-21/h2,9-12,20,22-23H,1,3-8,13-14,16-18H2,(H,26,28)/t20?,22-,23?/m0/s1. The summed E-state index contributed by atoms with van der Waals surface area (Å²) < 4.78 is 5.68. The highest BCUT2D eigenvalue weighted by Crippen LogP contribution is 2.27. The van der Waals surface area contributed by atoms with E-state index in [2.05, 4.69) is 22.9 Å². The summed E-state index contributed by atoms with van der Waals surface area (Å²) in [5.74, 6) is 1.07. The third-order valence-electron chi connectivity index (χ3n) is 6.19. The zero-order chi connectivity index (χ0) is 20.5. The van der Waals surface area contributed by atoms with Gasteiger partial charge in [-0.15, -0.1) is 6.58 Å². The lowest BCUT2D eigenvalue weighted by Crippen LogP contribution is -2.48. The molecule has 1 aromatic rings. The zero-order valence-electron chi connectivity index (χ0n) is 17.3. The van der Waals surface area contributed by atoms with Crippen molar-refractivity contribution in [2.75, 3.05) is 32.8 Å². The second kappa shape index (κ2) is 11.1. The summed E-state index contributed by atoms with van der Waals surface area (Å²) >= 11 is 0. The summed E-state index contributed by atoms with van der Waals surface area (Å²) in [6.45, 7) is 8.44. The smallest absolute Gasteiger partial charge is 0.251 e. The molecule has 3 rings (SSSR count). The average molecular weight is 396 g/mol. The largest absolute Gasteiger partial charge is 0.377 e. The van der Waals surface area contributed by atoms with Crippen molar-refractivity contribution in [3.8, 4) is 6.07 Å². The lowest BCUT2D eigenvalue weighted by atomic mass is 9.83. The van der Waals surface area contributed by atoms with Crippen LogP contribution < -0.4 is 5.32 Å². The van der Waals surface area contributed by atoms with Gasteiger partial charge in [0.2, 0.25) is 0 Å². The Kier molecular flexibility index (Phi) is 8.27. The van der Waals surface area contributed by atoms with Gasteiger partial charge in [-0.2, -0.15) is 5.26 Å². The third-order valence-corrected chi connectivity index (χ3v) is 6.19. The quantitative estimate of drug-likeness (QED) is 0.538. The minimum Gasteiger partial charge on any atom is -0.377 e. The summed E-state index contributed by atoms with van der Waals surface area (Å²) in [6.07, 6.45) is 8.90. The van der Waals surface area contributed by atoms with Crippen LogP contribution in [-0.4, -0.2) is 49.7 Å². The molecule has 0 radical (unpaired) electrons. The van der Waals surface area contributed by atoms with Crippen molar-refractivity contribution in [2.45, 2.75) is 44.6 Å². The number of rotatable bonds is 8. The molecule has 3 atom stereocenters. The number of nitrogens with zero attached hydrogens (tertiary/aromatic N) is 2. The predicted octanol–water partition coefficient (Wildman–Crippen LogP) is 3.76. The topological polar surface area (TPSA) is 65.4 Å². The minimum atomic E-state index is -0.0271. The summed E-state index contributed by atoms with van der Waals surface area (Å²) in [7, 11) is 0. The Morgan fingerprint density at radius 2 is 2.03 bits per heavy atom. The molecule has 1 amide bonds. The molecule has 0 spiro atoms. The SMILES string of the molecule is C=CCOCC1CCCN(C[C@@H]2CCCCC2NC(=O)c2ccc(C#N)cc2)C1. The Morgan fingerprint density at radius 3 is 2.79 bits per heavy atom. The molecule has 2 aliphatic rings. The number of ether oxygens (including phenoxy) is 1. The van der Waals surface area contributed by atoms with Crippen molar-refractivity contribution < 1.29 is 9.53 Å². The normalized spacial score (nSPS) is 25.1. The highest BCUT2D eigenvalue weighted by atomic mass is 16.5. The maximum absolute atomic E-state index is 12.7. The number of piperidine rings is 1. The molecule has 2 fully saturated rings. The highest BCUT2D eigenvalue weighted by Gasteiger charge is 2.30. The zero-order valence-corrected chi connectivity index (χ0v) is 17.3. The Morgan fingerprint density at radius 1 is 1.24 bits per heavy atom.